The number of Topliss-reactive ketones (excluding diaryl/α,β-unsaturated/α-hetero) is 1. The predicted octanol–water partition coefficient (Wildman–Crippen LogP) is 3.68. The van der Waals surface area contributed by atoms with Gasteiger partial charge in [-0.3, -0.25) is 4.79 Å². The maximum atomic E-state index is 12.9. The molecule has 1 aromatic carbocycles. The van der Waals surface area contributed by atoms with Crippen LogP contribution in [0.3, 0.4) is 0 Å². The highest BCUT2D eigenvalue weighted by Gasteiger charge is 2.15. The summed E-state index contributed by atoms with van der Waals surface area (Å²) >= 11 is 1.48. The maximum Gasteiger partial charge on any atom is 0.172 e. The quantitative estimate of drug-likeness (QED) is 0.754. The Hall–Kier alpha value is -0.900. The molecule has 0 aliphatic carbocycles. The van der Waals surface area contributed by atoms with Crippen molar-refractivity contribution in [3.63, 3.8) is 0 Å². The van der Waals surface area contributed by atoms with E-state index in [9.17, 15) is 13.6 Å². The lowest BCUT2D eigenvalue weighted by atomic mass is 10.1. The average molecular weight is 244 g/mol. The fraction of sp³-hybridized carbons (Fsp3) is 0.417. The Morgan fingerprint density at radius 1 is 1.25 bits per heavy atom. The van der Waals surface area contributed by atoms with E-state index in [-0.39, 0.29) is 21.8 Å². The van der Waals surface area contributed by atoms with Crippen LogP contribution in [-0.2, 0) is 0 Å². The van der Waals surface area contributed by atoms with Gasteiger partial charge in [0, 0.05) is 10.3 Å². The van der Waals surface area contributed by atoms with E-state index in [1.165, 1.54) is 17.8 Å². The SMILES string of the molecule is CC(C)(C)SCC(=O)c1ccc(F)c(F)c1. The van der Waals surface area contributed by atoms with Crippen LogP contribution in [0.5, 0.6) is 0 Å². The summed E-state index contributed by atoms with van der Waals surface area (Å²) in [6, 6.07) is 3.23. The third-order valence-electron chi connectivity index (χ3n) is 1.88. The average Bonchev–Trinajstić information content (AvgIpc) is 2.17. The summed E-state index contributed by atoms with van der Waals surface area (Å²) in [7, 11) is 0. The summed E-state index contributed by atoms with van der Waals surface area (Å²) in [5.41, 5.74) is 0.218. The minimum absolute atomic E-state index is 0.0196. The topological polar surface area (TPSA) is 17.1 Å². The first kappa shape index (κ1) is 13.2. The Kier molecular flexibility index (Phi) is 4.08. The zero-order valence-electron chi connectivity index (χ0n) is 9.51. The smallest absolute Gasteiger partial charge is 0.172 e. The van der Waals surface area contributed by atoms with Crippen molar-refractivity contribution in [2.75, 3.05) is 5.75 Å². The van der Waals surface area contributed by atoms with Crippen LogP contribution in [-0.4, -0.2) is 16.3 Å². The molecule has 0 saturated heterocycles. The zero-order valence-corrected chi connectivity index (χ0v) is 10.3. The van der Waals surface area contributed by atoms with Gasteiger partial charge >= 0.3 is 0 Å². The molecule has 0 spiro atoms. The first-order valence-corrected chi connectivity index (χ1v) is 5.90. The van der Waals surface area contributed by atoms with Crippen molar-refractivity contribution in [1.29, 1.82) is 0 Å². The van der Waals surface area contributed by atoms with Crippen molar-refractivity contribution >= 4 is 17.5 Å². The summed E-state index contributed by atoms with van der Waals surface area (Å²) in [5, 5.41) is 0. The fourth-order valence-corrected chi connectivity index (χ4v) is 1.77. The molecule has 0 saturated carbocycles. The largest absolute Gasteiger partial charge is 0.293 e. The summed E-state index contributed by atoms with van der Waals surface area (Å²) in [4.78, 5) is 11.6. The maximum absolute atomic E-state index is 12.9. The molecular formula is C12H14F2OS. The van der Waals surface area contributed by atoms with Crippen LogP contribution in [0.25, 0.3) is 0 Å². The highest BCUT2D eigenvalue weighted by Crippen LogP contribution is 2.24. The molecular weight excluding hydrogens is 230 g/mol. The molecule has 0 fully saturated rings. The Balaban J connectivity index is 2.70. The second-order valence-electron chi connectivity index (χ2n) is 4.45. The molecule has 0 aromatic heterocycles. The van der Waals surface area contributed by atoms with Crippen LogP contribution in [0.1, 0.15) is 31.1 Å². The number of halogens is 2. The third-order valence-corrected chi connectivity index (χ3v) is 3.15. The molecule has 16 heavy (non-hydrogen) atoms. The van der Waals surface area contributed by atoms with Crippen molar-refractivity contribution in [3.05, 3.63) is 35.4 Å². The van der Waals surface area contributed by atoms with Gasteiger partial charge in [0.25, 0.3) is 0 Å². The molecule has 0 radical (unpaired) electrons. The number of thioether (sulfide) groups is 1. The van der Waals surface area contributed by atoms with Gasteiger partial charge in [0.15, 0.2) is 17.4 Å². The predicted molar refractivity (Wildman–Crippen MR) is 62.9 cm³/mol. The highest BCUT2D eigenvalue weighted by atomic mass is 32.2. The molecule has 1 aromatic rings. The summed E-state index contributed by atoms with van der Waals surface area (Å²) in [6.07, 6.45) is 0. The van der Waals surface area contributed by atoms with Crippen molar-refractivity contribution in [2.45, 2.75) is 25.5 Å². The van der Waals surface area contributed by atoms with Gasteiger partial charge in [0.2, 0.25) is 0 Å². The van der Waals surface area contributed by atoms with E-state index in [1.807, 2.05) is 20.8 Å². The van der Waals surface area contributed by atoms with Crippen LogP contribution >= 0.6 is 11.8 Å². The number of rotatable bonds is 3. The Morgan fingerprint density at radius 2 is 1.88 bits per heavy atom. The van der Waals surface area contributed by atoms with Gasteiger partial charge in [-0.05, 0) is 18.2 Å². The van der Waals surface area contributed by atoms with Crippen molar-refractivity contribution < 1.29 is 13.6 Å². The number of ketones is 1. The Labute approximate surface area is 98.2 Å². The summed E-state index contributed by atoms with van der Waals surface area (Å²) in [5.74, 6) is -1.82. The first-order chi connectivity index (χ1) is 7.29. The van der Waals surface area contributed by atoms with Crippen LogP contribution in [0.15, 0.2) is 18.2 Å². The van der Waals surface area contributed by atoms with E-state index in [4.69, 9.17) is 0 Å². The van der Waals surface area contributed by atoms with Gasteiger partial charge in [-0.15, -0.1) is 11.8 Å². The second-order valence-corrected chi connectivity index (χ2v) is 6.26. The van der Waals surface area contributed by atoms with E-state index in [0.717, 1.165) is 12.1 Å². The zero-order chi connectivity index (χ0) is 12.3. The molecule has 0 heterocycles. The lowest BCUT2D eigenvalue weighted by Gasteiger charge is -2.16. The van der Waals surface area contributed by atoms with E-state index in [1.54, 1.807) is 0 Å². The number of hydrogen-bond acceptors (Lipinski definition) is 2. The normalized spacial score (nSPS) is 11.6. The molecule has 1 rings (SSSR count). The van der Waals surface area contributed by atoms with E-state index in [0.29, 0.717) is 0 Å². The first-order valence-electron chi connectivity index (χ1n) is 4.92. The van der Waals surface area contributed by atoms with Crippen LogP contribution < -0.4 is 0 Å². The lowest BCUT2D eigenvalue weighted by molar-refractivity contribution is 0.102. The molecule has 0 amide bonds. The molecule has 4 heteroatoms. The highest BCUT2D eigenvalue weighted by molar-refractivity contribution is 8.01. The molecule has 0 aliphatic heterocycles. The van der Waals surface area contributed by atoms with Gasteiger partial charge in [-0.1, -0.05) is 20.8 Å². The standard InChI is InChI=1S/C12H14F2OS/c1-12(2,3)16-7-11(15)8-4-5-9(13)10(14)6-8/h4-6H,7H2,1-3H3. The van der Waals surface area contributed by atoms with Gasteiger partial charge < -0.3 is 0 Å². The minimum atomic E-state index is -0.980. The number of carbonyl (C=O) groups excluding carboxylic acids is 1. The minimum Gasteiger partial charge on any atom is -0.293 e. The lowest BCUT2D eigenvalue weighted by Crippen LogP contribution is -2.13. The third kappa shape index (κ3) is 3.93. The number of carbonyl (C=O) groups is 1. The molecule has 0 bridgehead atoms. The van der Waals surface area contributed by atoms with Gasteiger partial charge in [-0.2, -0.15) is 0 Å². The Morgan fingerprint density at radius 3 is 2.38 bits per heavy atom. The van der Waals surface area contributed by atoms with E-state index in [2.05, 4.69) is 0 Å². The molecule has 1 nitrogen and oxygen atoms in total. The molecule has 0 N–H and O–H groups in total. The van der Waals surface area contributed by atoms with Gasteiger partial charge in [0.1, 0.15) is 0 Å². The van der Waals surface area contributed by atoms with Crippen LogP contribution in [0.2, 0.25) is 0 Å². The molecule has 0 atom stereocenters. The van der Waals surface area contributed by atoms with E-state index < -0.39 is 11.6 Å². The number of hydrogen-bond donors (Lipinski definition) is 0. The van der Waals surface area contributed by atoms with Crippen LogP contribution in [0.4, 0.5) is 8.78 Å². The van der Waals surface area contributed by atoms with Crippen molar-refractivity contribution in [3.8, 4) is 0 Å². The fourth-order valence-electron chi connectivity index (χ4n) is 1.03. The monoisotopic (exact) mass is 244 g/mol. The summed E-state index contributed by atoms with van der Waals surface area (Å²) in [6.45, 7) is 5.99. The van der Waals surface area contributed by atoms with Crippen LogP contribution in [0, 0.1) is 11.6 Å². The molecule has 0 aliphatic rings. The van der Waals surface area contributed by atoms with Crippen molar-refractivity contribution in [2.24, 2.45) is 0 Å². The Bertz CT molecular complexity index is 396. The van der Waals surface area contributed by atoms with E-state index >= 15 is 0 Å². The second kappa shape index (κ2) is 4.95. The van der Waals surface area contributed by atoms with Gasteiger partial charge in [-0.25, -0.2) is 8.78 Å². The van der Waals surface area contributed by atoms with Gasteiger partial charge in [0.05, 0.1) is 5.75 Å². The molecule has 0 unspecified atom stereocenters. The van der Waals surface area contributed by atoms with Crippen molar-refractivity contribution in [1.82, 2.24) is 0 Å². The molecule has 88 valence electrons. The number of benzene rings is 1. The summed E-state index contributed by atoms with van der Waals surface area (Å²) < 4.78 is 25.5.